The number of amides is 3. The molecule has 0 radical (unpaired) electrons. The van der Waals surface area contributed by atoms with Crippen molar-refractivity contribution in [2.24, 2.45) is 17.8 Å². The van der Waals surface area contributed by atoms with Crippen LogP contribution < -0.4 is 5.32 Å². The highest BCUT2D eigenvalue weighted by atomic mass is 32.1. The number of nitrogens with zero attached hydrogens (tertiary/aromatic N) is 2. The number of carbonyl (C=O) groups excluding carboxylic acids is 3. The first-order valence-electron chi connectivity index (χ1n) is 10.1. The van der Waals surface area contributed by atoms with Gasteiger partial charge in [-0.25, -0.2) is 4.98 Å². The molecule has 4 saturated carbocycles. The summed E-state index contributed by atoms with van der Waals surface area (Å²) in [7, 11) is 0. The van der Waals surface area contributed by atoms with Crippen LogP contribution >= 0.6 is 11.3 Å². The number of anilines is 1. The molecular formula is C20H25N3O3S. The van der Waals surface area contributed by atoms with E-state index in [1.54, 1.807) is 0 Å². The Labute approximate surface area is 162 Å². The molecule has 1 saturated heterocycles. The number of aromatic nitrogens is 1. The molecule has 0 spiro atoms. The summed E-state index contributed by atoms with van der Waals surface area (Å²) in [6.45, 7) is 0.163. The highest BCUT2D eigenvalue weighted by molar-refractivity contribution is 7.13. The van der Waals surface area contributed by atoms with Gasteiger partial charge in [-0.05, 0) is 56.3 Å². The van der Waals surface area contributed by atoms with E-state index in [0.717, 1.165) is 17.8 Å². The minimum Gasteiger partial charge on any atom is -0.302 e. The van der Waals surface area contributed by atoms with E-state index in [1.807, 2.05) is 0 Å². The Morgan fingerprint density at radius 1 is 1.11 bits per heavy atom. The van der Waals surface area contributed by atoms with Crippen molar-refractivity contribution < 1.29 is 14.4 Å². The molecule has 3 amide bonds. The van der Waals surface area contributed by atoms with Gasteiger partial charge in [0.25, 0.3) is 0 Å². The first-order valence-corrected chi connectivity index (χ1v) is 11.0. The molecule has 1 aromatic heterocycles. The fraction of sp³-hybridized carbons (Fsp3) is 0.700. The lowest BCUT2D eigenvalue weighted by molar-refractivity contribution is -0.138. The van der Waals surface area contributed by atoms with Crippen LogP contribution in [0.25, 0.3) is 0 Å². The van der Waals surface area contributed by atoms with Crippen LogP contribution in [0.3, 0.4) is 0 Å². The van der Waals surface area contributed by atoms with Crippen LogP contribution in [-0.4, -0.2) is 34.2 Å². The number of imide groups is 1. The predicted molar refractivity (Wildman–Crippen MR) is 101 cm³/mol. The third kappa shape index (κ3) is 3.10. The average Bonchev–Trinajstić information content (AvgIpc) is 3.20. The lowest BCUT2D eigenvalue weighted by Crippen LogP contribution is -2.48. The molecule has 27 heavy (non-hydrogen) atoms. The molecule has 144 valence electrons. The normalized spacial score (nSPS) is 34.5. The van der Waals surface area contributed by atoms with Gasteiger partial charge in [-0.3, -0.25) is 19.3 Å². The number of hydrogen-bond acceptors (Lipinski definition) is 5. The quantitative estimate of drug-likeness (QED) is 0.788. The maximum atomic E-state index is 12.2. The van der Waals surface area contributed by atoms with Crippen molar-refractivity contribution in [2.75, 3.05) is 11.9 Å². The largest absolute Gasteiger partial charge is 0.302 e. The molecule has 0 unspecified atom stereocenters. The van der Waals surface area contributed by atoms with Crippen molar-refractivity contribution >= 4 is 34.2 Å². The van der Waals surface area contributed by atoms with Crippen LogP contribution in [0.4, 0.5) is 5.13 Å². The zero-order valence-corrected chi connectivity index (χ0v) is 16.2. The molecule has 4 aliphatic carbocycles. The summed E-state index contributed by atoms with van der Waals surface area (Å²) >= 11 is 1.50. The monoisotopic (exact) mass is 387 g/mol. The first kappa shape index (κ1) is 17.3. The van der Waals surface area contributed by atoms with Crippen molar-refractivity contribution in [3.63, 3.8) is 0 Å². The van der Waals surface area contributed by atoms with Crippen LogP contribution in [-0.2, 0) is 19.8 Å². The molecule has 2 heterocycles. The molecule has 7 heteroatoms. The van der Waals surface area contributed by atoms with Gasteiger partial charge in [0.15, 0.2) is 5.13 Å². The highest BCUT2D eigenvalue weighted by Gasteiger charge is 2.52. The molecule has 6 rings (SSSR count). The molecule has 0 atom stereocenters. The van der Waals surface area contributed by atoms with Crippen molar-refractivity contribution in [3.05, 3.63) is 11.1 Å². The second kappa shape index (κ2) is 6.40. The third-order valence-electron chi connectivity index (χ3n) is 7.05. The van der Waals surface area contributed by atoms with Crippen molar-refractivity contribution in [3.8, 4) is 0 Å². The lowest BCUT2D eigenvalue weighted by atomic mass is 9.49. The number of nitrogens with one attached hydrogen (secondary N) is 1. The lowest BCUT2D eigenvalue weighted by Gasteiger charge is -2.56. The standard InChI is InChI=1S/C20H25N3O3S/c24-16(3-4-23-17(25)1-2-18(23)26)22-19-21-15(11-27-19)20-8-12-5-13(9-20)7-14(6-12)10-20/h11-14H,1-10H2,(H,21,22,24). The fourth-order valence-electron chi connectivity index (χ4n) is 6.27. The Balaban J connectivity index is 1.22. The molecule has 1 aliphatic heterocycles. The van der Waals surface area contributed by atoms with Crippen LogP contribution in [0.2, 0.25) is 0 Å². The summed E-state index contributed by atoms with van der Waals surface area (Å²) < 4.78 is 0. The molecule has 4 bridgehead atoms. The van der Waals surface area contributed by atoms with Crippen LogP contribution in [0.1, 0.15) is 63.5 Å². The SMILES string of the molecule is O=C(CCN1C(=O)CCC1=O)Nc1nc(C23CC4CC(CC(C4)C2)C3)cs1. The van der Waals surface area contributed by atoms with Gasteiger partial charge in [0.1, 0.15) is 0 Å². The van der Waals surface area contributed by atoms with E-state index in [-0.39, 0.29) is 48.9 Å². The summed E-state index contributed by atoms with van der Waals surface area (Å²) in [6, 6.07) is 0. The van der Waals surface area contributed by atoms with E-state index in [0.29, 0.717) is 5.13 Å². The summed E-state index contributed by atoms with van der Waals surface area (Å²) in [5.41, 5.74) is 1.41. The second-order valence-corrected chi connectivity index (χ2v) is 9.83. The zero-order valence-electron chi connectivity index (χ0n) is 15.4. The van der Waals surface area contributed by atoms with Gasteiger partial charge in [0.05, 0.1) is 5.69 Å². The molecule has 6 nitrogen and oxygen atoms in total. The number of hydrogen-bond donors (Lipinski definition) is 1. The first-order chi connectivity index (χ1) is 13.0. The number of likely N-dealkylation sites (tertiary alicyclic amines) is 1. The Kier molecular flexibility index (Phi) is 4.11. The zero-order chi connectivity index (χ0) is 18.6. The van der Waals surface area contributed by atoms with Gasteiger partial charge < -0.3 is 5.32 Å². The molecule has 5 fully saturated rings. The van der Waals surface area contributed by atoms with Crippen LogP contribution in [0.5, 0.6) is 0 Å². The number of thiazole rings is 1. The summed E-state index contributed by atoms with van der Waals surface area (Å²) in [5.74, 6) is 2.07. The van der Waals surface area contributed by atoms with E-state index >= 15 is 0 Å². The third-order valence-corrected chi connectivity index (χ3v) is 7.81. The molecule has 5 aliphatic rings. The smallest absolute Gasteiger partial charge is 0.229 e. The van der Waals surface area contributed by atoms with Gasteiger partial charge in [-0.2, -0.15) is 0 Å². The highest BCUT2D eigenvalue weighted by Crippen LogP contribution is 2.60. The van der Waals surface area contributed by atoms with E-state index in [2.05, 4.69) is 10.7 Å². The topological polar surface area (TPSA) is 79.4 Å². The molecule has 1 N–H and O–H groups in total. The van der Waals surface area contributed by atoms with E-state index < -0.39 is 0 Å². The van der Waals surface area contributed by atoms with Gasteiger partial charge >= 0.3 is 0 Å². The Morgan fingerprint density at radius 3 is 2.30 bits per heavy atom. The Hall–Kier alpha value is -1.76. The second-order valence-electron chi connectivity index (χ2n) is 8.97. The van der Waals surface area contributed by atoms with Crippen molar-refractivity contribution in [2.45, 2.75) is 63.2 Å². The predicted octanol–water partition coefficient (Wildman–Crippen LogP) is 3.09. The summed E-state index contributed by atoms with van der Waals surface area (Å²) in [6.07, 6.45) is 8.65. The summed E-state index contributed by atoms with van der Waals surface area (Å²) in [4.78, 5) is 41.5. The Bertz CT molecular complexity index is 751. The van der Waals surface area contributed by atoms with Gasteiger partial charge in [-0.1, -0.05) is 0 Å². The number of carbonyl (C=O) groups is 3. The van der Waals surface area contributed by atoms with Gasteiger partial charge in [0, 0.05) is 36.6 Å². The maximum absolute atomic E-state index is 12.2. The van der Waals surface area contributed by atoms with Crippen molar-refractivity contribution in [1.29, 1.82) is 0 Å². The Morgan fingerprint density at radius 2 is 1.70 bits per heavy atom. The molecular weight excluding hydrogens is 362 g/mol. The van der Waals surface area contributed by atoms with Crippen LogP contribution in [0.15, 0.2) is 5.38 Å². The minimum atomic E-state index is -0.186. The minimum absolute atomic E-state index is 0.129. The maximum Gasteiger partial charge on any atom is 0.229 e. The van der Waals surface area contributed by atoms with Gasteiger partial charge in [-0.15, -0.1) is 11.3 Å². The van der Waals surface area contributed by atoms with Crippen molar-refractivity contribution in [1.82, 2.24) is 9.88 Å². The molecule has 1 aromatic rings. The summed E-state index contributed by atoms with van der Waals surface area (Å²) in [5, 5.41) is 5.65. The van der Waals surface area contributed by atoms with E-state index in [4.69, 9.17) is 4.98 Å². The van der Waals surface area contributed by atoms with Gasteiger partial charge in [0.2, 0.25) is 17.7 Å². The van der Waals surface area contributed by atoms with Crippen LogP contribution in [0, 0.1) is 17.8 Å². The number of rotatable bonds is 5. The fourth-order valence-corrected chi connectivity index (χ4v) is 7.12. The van der Waals surface area contributed by atoms with E-state index in [9.17, 15) is 14.4 Å². The average molecular weight is 388 g/mol. The molecule has 0 aromatic carbocycles. The van der Waals surface area contributed by atoms with E-state index in [1.165, 1.54) is 60.5 Å².